The molecule has 0 aliphatic rings. The molecule has 1 atom stereocenters. The van der Waals surface area contributed by atoms with Crippen molar-refractivity contribution in [3.05, 3.63) is 29.8 Å². The van der Waals surface area contributed by atoms with Crippen LogP contribution in [0.25, 0.3) is 0 Å². The van der Waals surface area contributed by atoms with Gasteiger partial charge in [0, 0.05) is 0 Å². The molecule has 0 aliphatic carbocycles. The van der Waals surface area contributed by atoms with E-state index in [1.165, 1.54) is 7.11 Å². The predicted molar refractivity (Wildman–Crippen MR) is 50.1 cm³/mol. The largest absolute Gasteiger partial charge is 1.00 e. The fraction of sp³-hybridized carbons (Fsp3) is 0.200. The number of ether oxygens (including phenoxy) is 1. The van der Waals surface area contributed by atoms with Crippen LogP contribution >= 0.6 is 0 Å². The van der Waals surface area contributed by atoms with Gasteiger partial charge in [0.05, 0.1) is 13.2 Å². The van der Waals surface area contributed by atoms with Gasteiger partial charge in [0.2, 0.25) is 0 Å². The number of rotatable bonds is 3. The first-order valence-corrected chi connectivity index (χ1v) is 3.95. The number of nitriles is 1. The molecule has 15 heavy (non-hydrogen) atoms. The third kappa shape index (κ3) is 3.93. The van der Waals surface area contributed by atoms with Gasteiger partial charge < -0.3 is 11.3 Å². The maximum absolute atomic E-state index is 10.6. The Morgan fingerprint density at radius 1 is 1.53 bits per heavy atom. The van der Waals surface area contributed by atoms with Crippen LogP contribution in [0.1, 0.15) is 12.9 Å². The van der Waals surface area contributed by atoms with Crippen molar-refractivity contribution >= 4 is 5.97 Å². The molecule has 5 heteroatoms. The van der Waals surface area contributed by atoms with Crippen molar-refractivity contribution in [1.82, 2.24) is 0 Å². The zero-order chi connectivity index (χ0) is 10.6. The van der Waals surface area contributed by atoms with Gasteiger partial charge in [-0.2, -0.15) is 5.26 Å². The number of carboxylic acid groups (broad SMARTS) is 1. The summed E-state index contributed by atoms with van der Waals surface area (Å²) in [7, 11) is 1.52. The van der Waals surface area contributed by atoms with Crippen LogP contribution in [0.15, 0.2) is 24.3 Å². The third-order valence-corrected chi connectivity index (χ3v) is 1.83. The molecule has 0 amide bonds. The normalized spacial score (nSPS) is 10.7. The SMILES string of the molecule is COc1ccc(C(C#N)C(=O)O)cc1.[H-].[K+]. The first kappa shape index (κ1) is 14.6. The van der Waals surface area contributed by atoms with Crippen LogP contribution < -0.4 is 56.1 Å². The van der Waals surface area contributed by atoms with Gasteiger partial charge in [0.15, 0.2) is 5.92 Å². The Bertz CT molecular complexity index is 375. The summed E-state index contributed by atoms with van der Waals surface area (Å²) in [6, 6.07) is 8.11. The molecule has 0 aromatic heterocycles. The fourth-order valence-electron chi connectivity index (χ4n) is 1.07. The summed E-state index contributed by atoms with van der Waals surface area (Å²) in [6.07, 6.45) is 0. The van der Waals surface area contributed by atoms with Crippen LogP contribution in [0.2, 0.25) is 0 Å². The van der Waals surface area contributed by atoms with E-state index in [1.54, 1.807) is 30.3 Å². The minimum absolute atomic E-state index is 0. The van der Waals surface area contributed by atoms with Gasteiger partial charge in [-0.3, -0.25) is 4.79 Å². The molecule has 0 fully saturated rings. The quantitative estimate of drug-likeness (QED) is 0.643. The van der Waals surface area contributed by atoms with Crippen molar-refractivity contribution in [1.29, 1.82) is 5.26 Å². The Morgan fingerprint density at radius 3 is 2.40 bits per heavy atom. The van der Waals surface area contributed by atoms with Crippen LogP contribution in [0, 0.1) is 11.3 Å². The molecule has 1 N–H and O–H groups in total. The predicted octanol–water partition coefficient (Wildman–Crippen LogP) is -1.50. The number of hydrogen-bond acceptors (Lipinski definition) is 3. The minimum Gasteiger partial charge on any atom is -1.00 e. The summed E-state index contributed by atoms with van der Waals surface area (Å²) < 4.78 is 4.91. The number of carbonyl (C=O) groups is 1. The van der Waals surface area contributed by atoms with E-state index in [-0.39, 0.29) is 52.8 Å². The summed E-state index contributed by atoms with van der Waals surface area (Å²) in [5.74, 6) is -1.62. The van der Waals surface area contributed by atoms with Crippen LogP contribution in [0.4, 0.5) is 0 Å². The molecular formula is C10H10KNO3. The average molecular weight is 231 g/mol. The van der Waals surface area contributed by atoms with E-state index >= 15 is 0 Å². The van der Waals surface area contributed by atoms with Gasteiger partial charge in [-0.1, -0.05) is 12.1 Å². The number of methoxy groups -OCH3 is 1. The molecule has 0 bridgehead atoms. The first-order valence-electron chi connectivity index (χ1n) is 3.95. The number of aliphatic carboxylic acids is 1. The second kappa shape index (κ2) is 6.98. The molecule has 1 aromatic carbocycles. The van der Waals surface area contributed by atoms with E-state index in [4.69, 9.17) is 15.1 Å². The van der Waals surface area contributed by atoms with E-state index in [1.807, 2.05) is 0 Å². The molecule has 0 aliphatic heterocycles. The average Bonchev–Trinajstić information content (AvgIpc) is 2.19. The molecule has 0 saturated heterocycles. The summed E-state index contributed by atoms with van der Waals surface area (Å²) in [6.45, 7) is 0. The van der Waals surface area contributed by atoms with Crippen molar-refractivity contribution in [2.24, 2.45) is 0 Å². The number of benzene rings is 1. The monoisotopic (exact) mass is 231 g/mol. The second-order valence-corrected chi connectivity index (χ2v) is 2.67. The summed E-state index contributed by atoms with van der Waals surface area (Å²) in [5.41, 5.74) is 0.459. The van der Waals surface area contributed by atoms with E-state index in [0.717, 1.165) is 0 Å². The van der Waals surface area contributed by atoms with E-state index in [0.29, 0.717) is 11.3 Å². The number of carboxylic acids is 1. The fourth-order valence-corrected chi connectivity index (χ4v) is 1.07. The van der Waals surface area contributed by atoms with Crippen LogP contribution in [-0.4, -0.2) is 18.2 Å². The molecule has 1 unspecified atom stereocenters. The van der Waals surface area contributed by atoms with Crippen molar-refractivity contribution in [2.45, 2.75) is 5.92 Å². The molecule has 0 spiro atoms. The van der Waals surface area contributed by atoms with Crippen LogP contribution in [0.5, 0.6) is 5.75 Å². The molecule has 74 valence electrons. The molecule has 1 rings (SSSR count). The summed E-state index contributed by atoms with van der Waals surface area (Å²) in [4.78, 5) is 10.6. The molecule has 1 aromatic rings. The topological polar surface area (TPSA) is 70.3 Å². The molecule has 4 nitrogen and oxygen atoms in total. The van der Waals surface area contributed by atoms with Crippen molar-refractivity contribution in [3.63, 3.8) is 0 Å². The Morgan fingerprint density at radius 2 is 2.07 bits per heavy atom. The third-order valence-electron chi connectivity index (χ3n) is 1.83. The molecule has 0 heterocycles. The number of nitrogens with zero attached hydrogens (tertiary/aromatic N) is 1. The van der Waals surface area contributed by atoms with Crippen molar-refractivity contribution < 1.29 is 67.4 Å². The van der Waals surface area contributed by atoms with Gasteiger partial charge in [-0.15, -0.1) is 0 Å². The molecule has 0 saturated carbocycles. The maximum atomic E-state index is 10.6. The second-order valence-electron chi connectivity index (χ2n) is 2.67. The van der Waals surface area contributed by atoms with Crippen LogP contribution in [0.3, 0.4) is 0 Å². The summed E-state index contributed by atoms with van der Waals surface area (Å²) in [5, 5.41) is 17.3. The van der Waals surface area contributed by atoms with Gasteiger partial charge in [-0.25, -0.2) is 0 Å². The Balaban J connectivity index is 0. The van der Waals surface area contributed by atoms with E-state index < -0.39 is 11.9 Å². The molecule has 0 radical (unpaired) electrons. The van der Waals surface area contributed by atoms with Gasteiger partial charge in [0.1, 0.15) is 5.75 Å². The standard InChI is InChI=1S/C10H9NO3.K.H/c1-14-8-4-2-7(3-5-8)9(6-11)10(12)13;;/h2-5,9H,1H3,(H,12,13);;/q;+1;-1. The van der Waals surface area contributed by atoms with Crippen LogP contribution in [-0.2, 0) is 4.79 Å². The van der Waals surface area contributed by atoms with Gasteiger partial charge in [-0.05, 0) is 17.7 Å². The maximum Gasteiger partial charge on any atom is 1.00 e. The smallest absolute Gasteiger partial charge is 1.00 e. The van der Waals surface area contributed by atoms with Gasteiger partial charge >= 0.3 is 57.4 Å². The molecular weight excluding hydrogens is 221 g/mol. The van der Waals surface area contributed by atoms with E-state index in [2.05, 4.69) is 0 Å². The minimum atomic E-state index is -1.14. The van der Waals surface area contributed by atoms with E-state index in [9.17, 15) is 4.79 Å². The first-order chi connectivity index (χ1) is 6.69. The van der Waals surface area contributed by atoms with Crippen molar-refractivity contribution in [2.75, 3.05) is 7.11 Å². The van der Waals surface area contributed by atoms with Crippen molar-refractivity contribution in [3.8, 4) is 11.8 Å². The Labute approximate surface area is 132 Å². The Kier molecular flexibility index (Phi) is 6.81. The zero-order valence-electron chi connectivity index (χ0n) is 9.60. The zero-order valence-corrected chi connectivity index (χ0v) is 11.7. The van der Waals surface area contributed by atoms with Gasteiger partial charge in [0.25, 0.3) is 0 Å². The Hall–Kier alpha value is -0.384. The summed E-state index contributed by atoms with van der Waals surface area (Å²) >= 11 is 0. The number of hydrogen-bond donors (Lipinski definition) is 1.